The van der Waals surface area contributed by atoms with Crippen LogP contribution in [0.15, 0.2) is 231 Å². The third-order valence-electron chi connectivity index (χ3n) is 20.0. The molecule has 2 heterocycles. The zero-order chi connectivity index (χ0) is 61.8. The Morgan fingerprint density at radius 2 is 0.787 bits per heavy atom. The number of anilines is 9. The van der Waals surface area contributed by atoms with Crippen LogP contribution in [0.4, 0.5) is 51.2 Å². The highest BCUT2D eigenvalue weighted by Crippen LogP contribution is 2.64. The van der Waals surface area contributed by atoms with Crippen LogP contribution in [0.25, 0.3) is 33.4 Å². The first-order chi connectivity index (χ1) is 42.5. The van der Waals surface area contributed by atoms with Crippen LogP contribution in [0.3, 0.4) is 0 Å². The van der Waals surface area contributed by atoms with E-state index in [9.17, 15) is 0 Å². The second-order valence-electron chi connectivity index (χ2n) is 30.0. The van der Waals surface area contributed by atoms with Gasteiger partial charge in [-0.3, -0.25) is 0 Å². The van der Waals surface area contributed by atoms with Gasteiger partial charge in [0.2, 0.25) is 0 Å². The van der Waals surface area contributed by atoms with Crippen molar-refractivity contribution < 1.29 is 0 Å². The fourth-order valence-corrected chi connectivity index (χ4v) is 15.4. The Balaban J connectivity index is 1.03. The highest BCUT2D eigenvalue weighted by atomic mass is 15.2. The molecule has 4 aliphatic rings. The minimum Gasteiger partial charge on any atom is -0.311 e. The van der Waals surface area contributed by atoms with E-state index in [2.05, 4.69) is 342 Å². The first-order valence-electron chi connectivity index (χ1n) is 32.2. The molecule has 11 aromatic rings. The molecule has 0 aromatic heterocycles. The molecular weight excluding hydrogens is 1070 g/mol. The molecular formula is C85H80BN3. The Morgan fingerprint density at radius 3 is 1.37 bits per heavy atom. The Bertz CT molecular complexity index is 4600. The molecule has 0 saturated heterocycles. The lowest BCUT2D eigenvalue weighted by Gasteiger charge is -2.45. The van der Waals surface area contributed by atoms with Crippen molar-refractivity contribution in [2.45, 2.75) is 124 Å². The molecule has 11 aromatic carbocycles. The summed E-state index contributed by atoms with van der Waals surface area (Å²) in [6.07, 6.45) is 0. The van der Waals surface area contributed by atoms with Crippen LogP contribution in [0.2, 0.25) is 0 Å². The van der Waals surface area contributed by atoms with Crippen LogP contribution < -0.4 is 31.1 Å². The van der Waals surface area contributed by atoms with E-state index >= 15 is 0 Å². The number of benzene rings is 11. The predicted octanol–water partition coefficient (Wildman–Crippen LogP) is 21.1. The third kappa shape index (κ3) is 8.82. The molecule has 438 valence electrons. The maximum atomic E-state index is 2.68. The summed E-state index contributed by atoms with van der Waals surface area (Å²) in [6, 6.07) is 89.9. The molecule has 0 N–H and O–H groups in total. The molecule has 1 spiro atoms. The van der Waals surface area contributed by atoms with Gasteiger partial charge in [0.05, 0.1) is 11.1 Å². The fourth-order valence-electron chi connectivity index (χ4n) is 15.4. The summed E-state index contributed by atoms with van der Waals surface area (Å²) in [5, 5.41) is 0. The summed E-state index contributed by atoms with van der Waals surface area (Å²) < 4.78 is 0. The molecule has 1 unspecified atom stereocenters. The Hall–Kier alpha value is -9.12. The number of hydrogen-bond acceptors (Lipinski definition) is 3. The van der Waals surface area contributed by atoms with E-state index in [-0.39, 0.29) is 28.4 Å². The first-order valence-corrected chi connectivity index (χ1v) is 32.2. The number of rotatable bonds is 6. The minimum atomic E-state index is -0.667. The van der Waals surface area contributed by atoms with Crippen LogP contribution in [0.1, 0.15) is 139 Å². The Labute approximate surface area is 529 Å². The number of hydrogen-bond donors (Lipinski definition) is 0. The fraction of sp³-hybridized carbons (Fsp3) is 0.224. The van der Waals surface area contributed by atoms with E-state index in [0.717, 1.165) is 28.4 Å². The van der Waals surface area contributed by atoms with Crippen molar-refractivity contribution in [3.8, 4) is 33.4 Å². The van der Waals surface area contributed by atoms with E-state index in [1.807, 2.05) is 0 Å². The number of nitrogens with zero attached hydrogens (tertiary/aromatic N) is 3. The highest BCUT2D eigenvalue weighted by molar-refractivity contribution is 7.00. The molecule has 0 bridgehead atoms. The number of aryl methyl sites for hydroxylation is 2. The van der Waals surface area contributed by atoms with Crippen molar-refractivity contribution in [3.63, 3.8) is 0 Å². The standard InChI is InChI=1S/C85H80BN3/c1-53-28-44-75(67(46-53)55-22-16-15-17-23-55)89-77-52-72-68(51-74(77)86-73-49-59(84(12,13)14)35-45-76(73)88(78-47-54(2)48-79(89)80(78)86)62-40-33-58(34-41-62)83(9,10)11)65-25-19-21-27-70(65)85(72)69-26-20-18-24-64(69)66-43-42-63(50-71(66)85)87(60-36-29-56(30-37-60)81(3,4)5)61-38-31-57(32-39-61)82(6,7)8/h15-52H,1-14H3. The highest BCUT2D eigenvalue weighted by Gasteiger charge is 2.54. The van der Waals surface area contributed by atoms with Gasteiger partial charge < -0.3 is 14.7 Å². The quantitative estimate of drug-likeness (QED) is 0.154. The smallest absolute Gasteiger partial charge is 0.252 e. The maximum absolute atomic E-state index is 2.68. The topological polar surface area (TPSA) is 9.72 Å². The lowest BCUT2D eigenvalue weighted by molar-refractivity contribution is 0.590. The summed E-state index contributed by atoms with van der Waals surface area (Å²) in [7, 11) is 0. The Morgan fingerprint density at radius 1 is 0.315 bits per heavy atom. The van der Waals surface area contributed by atoms with Gasteiger partial charge in [0, 0.05) is 51.1 Å². The lowest BCUT2D eigenvalue weighted by Crippen LogP contribution is -2.61. The molecule has 2 aliphatic heterocycles. The number of fused-ring (bicyclic) bond motifs is 14. The van der Waals surface area contributed by atoms with Gasteiger partial charge >= 0.3 is 0 Å². The van der Waals surface area contributed by atoms with Crippen molar-refractivity contribution >= 4 is 74.3 Å². The SMILES string of the molecule is Cc1ccc(N2c3cc4c(cc3B3c5cc(C(C)(C)C)ccc5N(c5ccc(C(C)(C)C)cc5)c5cc(C)cc2c53)-c2ccccc2C42c3ccccc3-c3ccc(N(c4ccc(C(C)(C)C)cc4)c4ccc(C(C)(C)C)cc4)cc32)c(-c2ccccc2)c1. The van der Waals surface area contributed by atoms with Gasteiger partial charge in [-0.15, -0.1) is 0 Å². The minimum absolute atomic E-state index is 0.0161. The van der Waals surface area contributed by atoms with Gasteiger partial charge in [0.25, 0.3) is 6.71 Å². The van der Waals surface area contributed by atoms with E-state index in [1.165, 1.54) is 128 Å². The zero-order valence-corrected chi connectivity index (χ0v) is 54.4. The summed E-state index contributed by atoms with van der Waals surface area (Å²) in [4.78, 5) is 7.74. The van der Waals surface area contributed by atoms with Crippen molar-refractivity contribution in [2.75, 3.05) is 14.7 Å². The van der Waals surface area contributed by atoms with E-state index < -0.39 is 5.41 Å². The van der Waals surface area contributed by atoms with Gasteiger partial charge in [-0.2, -0.15) is 0 Å². The van der Waals surface area contributed by atoms with E-state index in [1.54, 1.807) is 0 Å². The molecule has 4 heteroatoms. The second-order valence-corrected chi connectivity index (χ2v) is 30.0. The monoisotopic (exact) mass is 1150 g/mol. The molecule has 0 saturated carbocycles. The Kier molecular flexibility index (Phi) is 12.6. The summed E-state index contributed by atoms with van der Waals surface area (Å²) in [5.41, 5.74) is 34.4. The molecule has 15 rings (SSSR count). The normalized spacial score (nSPS) is 15.3. The second kappa shape index (κ2) is 19.9. The molecule has 3 nitrogen and oxygen atoms in total. The van der Waals surface area contributed by atoms with Crippen molar-refractivity contribution in [1.29, 1.82) is 0 Å². The van der Waals surface area contributed by atoms with Crippen LogP contribution in [-0.2, 0) is 27.1 Å². The summed E-state index contributed by atoms with van der Waals surface area (Å²) in [5.74, 6) is 0. The zero-order valence-electron chi connectivity index (χ0n) is 54.4. The van der Waals surface area contributed by atoms with Gasteiger partial charge in [-0.05, 0) is 215 Å². The molecule has 0 fully saturated rings. The molecule has 0 radical (unpaired) electrons. The third-order valence-corrected chi connectivity index (χ3v) is 20.0. The average molecular weight is 1150 g/mol. The van der Waals surface area contributed by atoms with Crippen LogP contribution in [-0.4, -0.2) is 6.71 Å². The van der Waals surface area contributed by atoms with Crippen LogP contribution >= 0.6 is 0 Å². The first kappa shape index (κ1) is 56.4. The van der Waals surface area contributed by atoms with Crippen molar-refractivity contribution in [3.05, 3.63) is 286 Å². The van der Waals surface area contributed by atoms with Gasteiger partial charge in [-0.1, -0.05) is 234 Å². The maximum Gasteiger partial charge on any atom is 0.252 e. The van der Waals surface area contributed by atoms with Crippen molar-refractivity contribution in [1.82, 2.24) is 0 Å². The van der Waals surface area contributed by atoms with Gasteiger partial charge in [0.15, 0.2) is 0 Å². The van der Waals surface area contributed by atoms with Crippen LogP contribution in [0, 0.1) is 13.8 Å². The average Bonchev–Trinajstić information content (AvgIpc) is 1.67. The summed E-state index contributed by atoms with van der Waals surface area (Å²) >= 11 is 0. The summed E-state index contributed by atoms with van der Waals surface area (Å²) in [6.45, 7) is 32.2. The lowest BCUT2D eigenvalue weighted by atomic mass is 9.33. The predicted molar refractivity (Wildman–Crippen MR) is 381 cm³/mol. The van der Waals surface area contributed by atoms with Crippen molar-refractivity contribution in [2.24, 2.45) is 0 Å². The molecule has 2 aliphatic carbocycles. The molecule has 1 atom stereocenters. The largest absolute Gasteiger partial charge is 0.311 e. The van der Waals surface area contributed by atoms with E-state index in [0.29, 0.717) is 0 Å². The van der Waals surface area contributed by atoms with Gasteiger partial charge in [0.1, 0.15) is 0 Å². The molecule has 0 amide bonds. The molecule has 89 heavy (non-hydrogen) atoms. The van der Waals surface area contributed by atoms with Gasteiger partial charge in [-0.25, -0.2) is 0 Å². The van der Waals surface area contributed by atoms with E-state index in [4.69, 9.17) is 0 Å². The van der Waals surface area contributed by atoms with Crippen LogP contribution in [0.5, 0.6) is 0 Å².